The number of hydrogen-bond acceptors (Lipinski definition) is 1. The van der Waals surface area contributed by atoms with Crippen molar-refractivity contribution in [1.29, 1.82) is 0 Å². The molecule has 0 heterocycles. The molecule has 1 unspecified atom stereocenters. The van der Waals surface area contributed by atoms with Crippen LogP contribution in [0.1, 0.15) is 56.3 Å². The lowest BCUT2D eigenvalue weighted by molar-refractivity contribution is 0.0700. The van der Waals surface area contributed by atoms with Crippen LogP contribution in [0.15, 0.2) is 18.2 Å². The van der Waals surface area contributed by atoms with E-state index in [-0.39, 0.29) is 11.7 Å². The van der Waals surface area contributed by atoms with E-state index in [2.05, 4.69) is 6.92 Å². The summed E-state index contributed by atoms with van der Waals surface area (Å²) in [6.45, 7) is 4.16. The van der Waals surface area contributed by atoms with Crippen LogP contribution >= 0.6 is 0 Å². The van der Waals surface area contributed by atoms with Crippen molar-refractivity contribution < 1.29 is 9.50 Å². The van der Waals surface area contributed by atoms with Gasteiger partial charge in [-0.1, -0.05) is 43.9 Å². The molecule has 1 aliphatic carbocycles. The number of benzene rings is 1. The van der Waals surface area contributed by atoms with E-state index in [1.165, 1.54) is 25.3 Å². The fraction of sp³-hybridized carbons (Fsp3) is 0.625. The van der Waals surface area contributed by atoms with Crippen LogP contribution in [0.25, 0.3) is 0 Å². The van der Waals surface area contributed by atoms with Gasteiger partial charge in [-0.15, -0.1) is 0 Å². The van der Waals surface area contributed by atoms with Crippen molar-refractivity contribution in [3.63, 3.8) is 0 Å². The second kappa shape index (κ2) is 5.83. The lowest BCUT2D eigenvalue weighted by Crippen LogP contribution is -2.21. The maximum Gasteiger partial charge on any atom is 0.129 e. The molecular formula is C16H23FO. The molecule has 1 aliphatic rings. The molecule has 0 aromatic heterocycles. The summed E-state index contributed by atoms with van der Waals surface area (Å²) < 4.78 is 13.8. The van der Waals surface area contributed by atoms with Gasteiger partial charge in [-0.25, -0.2) is 4.39 Å². The molecule has 0 spiro atoms. The smallest absolute Gasteiger partial charge is 0.129 e. The molecule has 0 saturated heterocycles. The van der Waals surface area contributed by atoms with Crippen LogP contribution in [0.2, 0.25) is 0 Å². The van der Waals surface area contributed by atoms with Crippen LogP contribution in [0.4, 0.5) is 4.39 Å². The monoisotopic (exact) mass is 250 g/mol. The number of hydrogen-bond donors (Lipinski definition) is 1. The minimum Gasteiger partial charge on any atom is -0.388 e. The second-order valence-corrected chi connectivity index (χ2v) is 5.66. The summed E-state index contributed by atoms with van der Waals surface area (Å²) >= 11 is 0. The highest BCUT2D eigenvalue weighted by molar-refractivity contribution is 5.26. The van der Waals surface area contributed by atoms with E-state index in [1.807, 2.05) is 6.92 Å². The Bertz CT molecular complexity index is 394. The van der Waals surface area contributed by atoms with Gasteiger partial charge >= 0.3 is 0 Å². The van der Waals surface area contributed by atoms with Gasteiger partial charge in [0.15, 0.2) is 0 Å². The standard InChI is InChI=1S/C16H23FO/c1-3-12-5-7-13(8-6-12)16(18)14-10-11(2)4-9-15(14)17/h4,9-10,12-13,16,18H,3,5-8H2,1-2H3. The molecule has 1 aromatic rings. The SMILES string of the molecule is CCC1CCC(C(O)c2cc(C)ccc2F)CC1. The Hall–Kier alpha value is -0.890. The fourth-order valence-electron chi connectivity index (χ4n) is 3.06. The van der Waals surface area contributed by atoms with Crippen LogP contribution in [-0.2, 0) is 0 Å². The van der Waals surface area contributed by atoms with Crippen LogP contribution in [-0.4, -0.2) is 5.11 Å². The van der Waals surface area contributed by atoms with Gasteiger partial charge in [0.2, 0.25) is 0 Å². The molecule has 1 fully saturated rings. The average molecular weight is 250 g/mol. The minimum atomic E-state index is -0.636. The topological polar surface area (TPSA) is 20.2 Å². The number of halogens is 1. The van der Waals surface area contributed by atoms with Crippen molar-refractivity contribution in [1.82, 2.24) is 0 Å². The lowest BCUT2D eigenvalue weighted by Gasteiger charge is -2.31. The van der Waals surface area contributed by atoms with Gasteiger partial charge in [0.05, 0.1) is 6.10 Å². The van der Waals surface area contributed by atoms with Crippen molar-refractivity contribution in [2.75, 3.05) is 0 Å². The Morgan fingerprint density at radius 2 is 1.94 bits per heavy atom. The molecule has 100 valence electrons. The maximum atomic E-state index is 13.8. The van der Waals surface area contributed by atoms with Crippen molar-refractivity contribution in [3.05, 3.63) is 35.1 Å². The molecule has 0 radical (unpaired) electrons. The zero-order valence-corrected chi connectivity index (χ0v) is 11.3. The average Bonchev–Trinajstić information content (AvgIpc) is 2.41. The highest BCUT2D eigenvalue weighted by Crippen LogP contribution is 2.38. The predicted octanol–water partition coefficient (Wildman–Crippen LogP) is 4.38. The van der Waals surface area contributed by atoms with E-state index in [0.29, 0.717) is 5.56 Å². The summed E-state index contributed by atoms with van der Waals surface area (Å²) in [5.74, 6) is 0.755. The van der Waals surface area contributed by atoms with E-state index >= 15 is 0 Å². The molecule has 2 rings (SSSR count). The van der Waals surface area contributed by atoms with E-state index in [1.54, 1.807) is 12.1 Å². The largest absolute Gasteiger partial charge is 0.388 e. The van der Waals surface area contributed by atoms with Gasteiger partial charge in [0, 0.05) is 5.56 Å². The lowest BCUT2D eigenvalue weighted by atomic mass is 9.77. The summed E-state index contributed by atoms with van der Waals surface area (Å²) in [7, 11) is 0. The Morgan fingerprint density at radius 1 is 1.28 bits per heavy atom. The maximum absolute atomic E-state index is 13.8. The van der Waals surface area contributed by atoms with Crippen molar-refractivity contribution >= 4 is 0 Å². The van der Waals surface area contributed by atoms with Gasteiger partial charge in [-0.05, 0) is 37.7 Å². The first-order chi connectivity index (χ1) is 8.61. The molecule has 1 atom stereocenters. The normalized spacial score (nSPS) is 26.0. The number of aliphatic hydroxyl groups excluding tert-OH is 1. The first-order valence-electron chi connectivity index (χ1n) is 7.06. The van der Waals surface area contributed by atoms with Gasteiger partial charge in [-0.2, -0.15) is 0 Å². The summed E-state index contributed by atoms with van der Waals surface area (Å²) in [5.41, 5.74) is 1.49. The van der Waals surface area contributed by atoms with E-state index < -0.39 is 6.10 Å². The predicted molar refractivity (Wildman–Crippen MR) is 71.8 cm³/mol. The Morgan fingerprint density at radius 3 is 2.56 bits per heavy atom. The molecule has 1 aromatic carbocycles. The van der Waals surface area contributed by atoms with Crippen LogP contribution in [0.5, 0.6) is 0 Å². The fourth-order valence-corrected chi connectivity index (χ4v) is 3.06. The Kier molecular flexibility index (Phi) is 4.39. The van der Waals surface area contributed by atoms with Gasteiger partial charge in [0.1, 0.15) is 5.82 Å². The molecule has 1 N–H and O–H groups in total. The minimum absolute atomic E-state index is 0.226. The van der Waals surface area contributed by atoms with Crippen molar-refractivity contribution in [2.24, 2.45) is 11.8 Å². The van der Waals surface area contributed by atoms with Crippen LogP contribution in [0.3, 0.4) is 0 Å². The third kappa shape index (κ3) is 2.92. The molecular weight excluding hydrogens is 227 g/mol. The number of aryl methyl sites for hydroxylation is 1. The van der Waals surface area contributed by atoms with E-state index in [4.69, 9.17) is 0 Å². The third-order valence-electron chi connectivity index (χ3n) is 4.39. The van der Waals surface area contributed by atoms with E-state index in [9.17, 15) is 9.50 Å². The van der Waals surface area contributed by atoms with Gasteiger partial charge in [-0.3, -0.25) is 0 Å². The number of rotatable bonds is 3. The summed E-state index contributed by atoms with van der Waals surface area (Å²) in [6, 6.07) is 5.00. The quantitative estimate of drug-likeness (QED) is 0.843. The zero-order chi connectivity index (χ0) is 13.1. The summed E-state index contributed by atoms with van der Waals surface area (Å²) in [6.07, 6.45) is 4.97. The Balaban J connectivity index is 2.07. The first-order valence-corrected chi connectivity index (χ1v) is 7.06. The molecule has 0 amide bonds. The van der Waals surface area contributed by atoms with Crippen molar-refractivity contribution in [2.45, 2.75) is 52.1 Å². The van der Waals surface area contributed by atoms with E-state index in [0.717, 1.165) is 24.3 Å². The molecule has 1 saturated carbocycles. The summed E-state index contributed by atoms with van der Waals surface area (Å²) in [5, 5.41) is 10.4. The molecule has 0 bridgehead atoms. The van der Waals surface area contributed by atoms with Gasteiger partial charge < -0.3 is 5.11 Å². The molecule has 2 heteroatoms. The van der Waals surface area contributed by atoms with Gasteiger partial charge in [0.25, 0.3) is 0 Å². The third-order valence-corrected chi connectivity index (χ3v) is 4.39. The summed E-state index contributed by atoms with van der Waals surface area (Å²) in [4.78, 5) is 0. The highest BCUT2D eigenvalue weighted by atomic mass is 19.1. The van der Waals surface area contributed by atoms with Crippen molar-refractivity contribution in [3.8, 4) is 0 Å². The first kappa shape index (κ1) is 13.5. The zero-order valence-electron chi connectivity index (χ0n) is 11.3. The Labute approximate surface area is 109 Å². The molecule has 18 heavy (non-hydrogen) atoms. The van der Waals surface area contributed by atoms with Crippen LogP contribution in [0, 0.1) is 24.6 Å². The molecule has 1 nitrogen and oxygen atoms in total. The highest BCUT2D eigenvalue weighted by Gasteiger charge is 2.28. The van der Waals surface area contributed by atoms with Crippen LogP contribution < -0.4 is 0 Å². The number of aliphatic hydroxyl groups is 1. The molecule has 0 aliphatic heterocycles. The second-order valence-electron chi connectivity index (χ2n) is 5.66.